The Morgan fingerprint density at radius 3 is 1.12 bits per heavy atom. The number of fused-ring (bicyclic) bond motifs is 8. The molecule has 0 N–H and O–H groups in total. The number of alkyl halides is 4. The van der Waals surface area contributed by atoms with Gasteiger partial charge in [0.1, 0.15) is 0 Å². The number of halogens is 4. The first kappa shape index (κ1) is 96.8. The van der Waals surface area contributed by atoms with Crippen molar-refractivity contribution in [2.45, 2.75) is 187 Å². The number of hydrogen-bond donors (Lipinski definition) is 0. The normalized spacial score (nSPS) is 20.2. The van der Waals surface area contributed by atoms with Crippen LogP contribution in [0.15, 0.2) is 128 Å². The second-order valence-electron chi connectivity index (χ2n) is 40.4. The fourth-order valence-electron chi connectivity index (χ4n) is 23.4. The molecule has 37 heteroatoms. The van der Waals surface area contributed by atoms with Crippen LogP contribution in [0.2, 0.25) is 0 Å². The molecule has 20 heterocycles. The lowest BCUT2D eigenvalue weighted by molar-refractivity contribution is -0.130. The predicted molar refractivity (Wildman–Crippen MR) is 538 cm³/mol. The second-order valence-corrected chi connectivity index (χ2v) is 40.4. The first-order chi connectivity index (χ1) is 69.8. The van der Waals surface area contributed by atoms with Gasteiger partial charge < -0.3 is 67.8 Å². The number of amides is 4. The number of aryl methyl sites for hydroxylation is 4. The van der Waals surface area contributed by atoms with Gasteiger partial charge in [0.2, 0.25) is 42.4 Å². The number of anilines is 9. The van der Waals surface area contributed by atoms with E-state index >= 15 is 0 Å². The number of carbonyl (C=O) groups excluding carboxylic acids is 4. The molecule has 33 nitrogen and oxygen atoms in total. The summed E-state index contributed by atoms with van der Waals surface area (Å²) < 4.78 is 96.3. The number of rotatable bonds is 17. The van der Waals surface area contributed by atoms with Crippen LogP contribution in [0, 0.1) is 11.8 Å². The number of pyridine rings is 1. The molecule has 4 saturated heterocycles. The average Bonchev–Trinajstić information content (AvgIpc) is 1.59. The Bertz CT molecular complexity index is 6530. The topological polar surface area (TPSA) is 281 Å². The fourth-order valence-corrected chi connectivity index (χ4v) is 23.4. The van der Waals surface area contributed by atoms with E-state index in [1.54, 1.807) is 50.4 Å². The first-order valence-electron chi connectivity index (χ1n) is 51.0. The molecule has 12 aliphatic rings. The van der Waals surface area contributed by atoms with E-state index < -0.39 is 12.9 Å². The SMILES string of the molecule is CC(=O)N1CCc2c(c(N3CCN(C)c4cc(-c5cnn(C)c5)ccc43)nn2[C@H]2CCOC2)C1.CC(=O)N1CCc2c(c(N3C[C@@H](CC(F)F)Cc4cc(-c5cnn(C)c5)ccc43)nn2[C@H]2CCOC2)C1.CC(=O)N1CCc2c(c(N3C[C@H](CC(F)F)Cc4cc(-c5cnn(C)c5)ccc43)nn2[C@H]2CCOC2)C1.COc1cc(-c2ccc3c(c2)CCCN3c2nn(C3CCOCC3)c3c2CN(C(C)=O)CC3)ccn1. The average molecular weight is 1970 g/mol. The molecule has 0 saturated carbocycles. The Kier molecular flexibility index (Phi) is 27.9. The van der Waals surface area contributed by atoms with Gasteiger partial charge in [-0.2, -0.15) is 35.7 Å². The largest absolute Gasteiger partial charge is 0.481 e. The lowest BCUT2D eigenvalue weighted by atomic mass is 9.88. The molecule has 24 rings (SSSR count). The first-order valence-corrected chi connectivity index (χ1v) is 51.0. The molecule has 0 aliphatic carbocycles. The highest BCUT2D eigenvalue weighted by Crippen LogP contribution is 2.50. The zero-order valence-corrected chi connectivity index (χ0v) is 83.6. The molecule has 5 atom stereocenters. The van der Waals surface area contributed by atoms with Gasteiger partial charge in [-0.05, 0) is 169 Å². The predicted octanol–water partition coefficient (Wildman–Crippen LogP) is 15.3. The zero-order chi connectivity index (χ0) is 99.4. The van der Waals surface area contributed by atoms with E-state index in [2.05, 4.69) is 143 Å². The van der Waals surface area contributed by atoms with Gasteiger partial charge in [-0.25, -0.2) is 22.5 Å². The van der Waals surface area contributed by atoms with Gasteiger partial charge in [0.15, 0.2) is 23.3 Å². The van der Waals surface area contributed by atoms with Crippen LogP contribution in [-0.2, 0) is 130 Å². The van der Waals surface area contributed by atoms with E-state index in [1.165, 1.54) is 39.5 Å². The van der Waals surface area contributed by atoms with E-state index in [0.29, 0.717) is 110 Å². The van der Waals surface area contributed by atoms with E-state index in [0.717, 1.165) is 242 Å². The summed E-state index contributed by atoms with van der Waals surface area (Å²) in [6.07, 6.45) is 19.3. The molecule has 8 aromatic heterocycles. The van der Waals surface area contributed by atoms with Gasteiger partial charge in [-0.15, -0.1) is 0 Å². The summed E-state index contributed by atoms with van der Waals surface area (Å²) in [6.45, 7) is 20.8. The standard InChI is InChI=1S/C28H33N5O3.2C27H32F2N6O2.C25H31N7O2/c1-19(34)31-13-8-26-24(18-31)28(30-33(26)23-9-14-36-15-10-23)32-12-3-4-22-16-20(5-6-25(22)32)21-7-11-29-27(17-21)35-2;2*1-17(36)33-7-5-25-23(15-33)27(31-35(25)22-6-8-37-16-22)34-13-18(10-26(28)29)9-20-11-19(3-4-24(20)34)21-12-30-32(2)14-21;1-17(33)30-8-6-22-21(15-30)25(27-32(22)20-7-11-34-16-20)31-10-9-28(2)24-12-18(4-5-23(24)31)19-13-26-29(3)14-19/h5-7,11,16-17,23H,3-4,8-10,12-15,18H2,1-2H3;2*3-4,11-12,14,18,22,26H,5-10,13,15-16H2,1-2H3;4-5,12-14,20H,6-11,15-16H2,1-3H3/t;18-,22+;18-,22-;20-/m.100/s1. The Balaban J connectivity index is 0.000000113. The van der Waals surface area contributed by atoms with Gasteiger partial charge in [0.25, 0.3) is 0 Å². The number of ether oxygens (including phenoxy) is 5. The quantitative estimate of drug-likeness (QED) is 0.0766. The van der Waals surface area contributed by atoms with Crippen LogP contribution in [-0.4, -0.2) is 255 Å². The number of nitrogens with zero attached hydrogens (tertiary/aromatic N) is 24. The monoisotopic (exact) mass is 1970 g/mol. The summed E-state index contributed by atoms with van der Waals surface area (Å²) >= 11 is 0. The highest BCUT2D eigenvalue weighted by Gasteiger charge is 2.43. The van der Waals surface area contributed by atoms with Gasteiger partial charge in [-0.3, -0.25) is 52.0 Å². The number of aromatic nitrogens is 15. The Labute approximate surface area is 835 Å². The summed E-state index contributed by atoms with van der Waals surface area (Å²) in [6, 6.07) is 30.7. The highest BCUT2D eigenvalue weighted by atomic mass is 19.3. The van der Waals surface area contributed by atoms with Crippen LogP contribution in [0.25, 0.3) is 44.5 Å². The van der Waals surface area contributed by atoms with E-state index in [-0.39, 0.29) is 66.4 Å². The van der Waals surface area contributed by atoms with Crippen LogP contribution in [0.5, 0.6) is 5.88 Å². The van der Waals surface area contributed by atoms with Crippen molar-refractivity contribution in [3.05, 3.63) is 190 Å². The molecule has 0 spiro atoms. The molecule has 0 radical (unpaired) electrons. The van der Waals surface area contributed by atoms with Gasteiger partial charge >= 0.3 is 0 Å². The third kappa shape index (κ3) is 19.8. The number of carbonyl (C=O) groups is 4. The lowest BCUT2D eigenvalue weighted by Gasteiger charge is -2.37. The molecule has 12 aromatic rings. The molecule has 758 valence electrons. The van der Waals surface area contributed by atoms with Crippen LogP contribution in [0.1, 0.15) is 165 Å². The summed E-state index contributed by atoms with van der Waals surface area (Å²) in [5, 5.41) is 33.6. The Hall–Kier alpha value is -13.3. The number of hydrogen-bond acceptors (Lipinski definition) is 22. The maximum absolute atomic E-state index is 13.6. The molecule has 0 unspecified atom stereocenters. The van der Waals surface area contributed by atoms with Gasteiger partial charge in [0.05, 0.1) is 107 Å². The van der Waals surface area contributed by atoms with E-state index in [9.17, 15) is 36.7 Å². The number of methoxy groups -OCH3 is 1. The van der Waals surface area contributed by atoms with Crippen molar-refractivity contribution in [1.82, 2.24) is 93.0 Å². The number of likely N-dealkylation sites (N-methyl/N-ethyl adjacent to an activating group) is 1. The highest BCUT2D eigenvalue weighted by molar-refractivity contribution is 5.86. The molecule has 144 heavy (non-hydrogen) atoms. The van der Waals surface area contributed by atoms with Crippen molar-refractivity contribution in [3.8, 4) is 50.4 Å². The van der Waals surface area contributed by atoms with E-state index in [1.807, 2.05) is 94.7 Å². The van der Waals surface area contributed by atoms with Crippen molar-refractivity contribution >= 4 is 75.3 Å². The lowest BCUT2D eigenvalue weighted by Crippen LogP contribution is -2.38. The zero-order valence-electron chi connectivity index (χ0n) is 83.6. The van der Waals surface area contributed by atoms with Crippen LogP contribution >= 0.6 is 0 Å². The van der Waals surface area contributed by atoms with Crippen LogP contribution in [0.3, 0.4) is 0 Å². The fraction of sp³-hybridized carbons (Fsp3) is 0.495. The van der Waals surface area contributed by atoms with Crippen LogP contribution < -0.4 is 29.2 Å². The van der Waals surface area contributed by atoms with Crippen molar-refractivity contribution in [2.75, 3.05) is 150 Å². The molecular weight excluding hydrogens is 1840 g/mol. The molecule has 12 aliphatic heterocycles. The summed E-state index contributed by atoms with van der Waals surface area (Å²) in [7, 11) is 9.48. The molecule has 4 aromatic carbocycles. The maximum atomic E-state index is 13.6. The second kappa shape index (κ2) is 41.5. The molecule has 4 fully saturated rings. The van der Waals surface area contributed by atoms with E-state index in [4.69, 9.17) is 44.1 Å². The third-order valence-electron chi connectivity index (χ3n) is 30.9. The Morgan fingerprint density at radius 2 is 0.736 bits per heavy atom. The maximum Gasteiger partial charge on any atom is 0.239 e. The third-order valence-corrected chi connectivity index (χ3v) is 30.9. The number of benzene rings is 4. The van der Waals surface area contributed by atoms with Crippen molar-refractivity contribution in [3.63, 3.8) is 0 Å². The van der Waals surface area contributed by atoms with Crippen molar-refractivity contribution in [2.24, 2.45) is 33.0 Å². The van der Waals surface area contributed by atoms with Gasteiger partial charge in [0, 0.05) is 296 Å². The molecule has 0 bridgehead atoms. The molecular formula is C107H128F4N24O9. The van der Waals surface area contributed by atoms with Crippen LogP contribution in [0.4, 0.5) is 69.3 Å². The minimum absolute atomic E-state index is 0.0317. The van der Waals surface area contributed by atoms with Crippen molar-refractivity contribution < 1.29 is 60.4 Å². The van der Waals surface area contributed by atoms with Crippen molar-refractivity contribution in [1.29, 1.82) is 0 Å². The summed E-state index contributed by atoms with van der Waals surface area (Å²) in [5.74, 6) is 4.07. The minimum atomic E-state index is -2.37. The Morgan fingerprint density at radius 1 is 0.382 bits per heavy atom. The summed E-state index contributed by atoms with van der Waals surface area (Å²) in [4.78, 5) is 72.2. The minimum Gasteiger partial charge on any atom is -0.481 e. The molecule has 4 amide bonds. The van der Waals surface area contributed by atoms with Gasteiger partial charge in [-0.1, -0.05) is 24.3 Å². The summed E-state index contributed by atoms with van der Waals surface area (Å²) in [5.41, 5.74) is 26.7. The smallest absolute Gasteiger partial charge is 0.239 e.